The van der Waals surface area contributed by atoms with Crippen LogP contribution in [-0.2, 0) is 17.8 Å². The number of piperidine rings is 1. The molecule has 0 spiro atoms. The Kier molecular flexibility index (Phi) is 4.05. The standard InChI is InChI=1S/C15H19FN6OS/c1-3-11-13(16)14(18-8-17-11)21-5-9-4-10(6-21)22(9)15-19-12(7-23-2)20-24-15/h8-10H,3-7H2,1-2H3. The molecule has 2 bridgehead atoms. The van der Waals surface area contributed by atoms with Crippen LogP contribution in [0, 0.1) is 5.82 Å². The average molecular weight is 350 g/mol. The number of anilines is 2. The number of aromatic nitrogens is 4. The molecule has 128 valence electrons. The Labute approximate surface area is 143 Å². The molecule has 7 nitrogen and oxygen atoms in total. The highest BCUT2D eigenvalue weighted by Gasteiger charge is 2.47. The van der Waals surface area contributed by atoms with E-state index in [1.165, 1.54) is 17.9 Å². The lowest BCUT2D eigenvalue weighted by atomic mass is 9.88. The molecule has 2 atom stereocenters. The van der Waals surface area contributed by atoms with Crippen molar-refractivity contribution < 1.29 is 9.13 Å². The van der Waals surface area contributed by atoms with Crippen molar-refractivity contribution in [1.82, 2.24) is 19.3 Å². The zero-order chi connectivity index (χ0) is 16.7. The molecular formula is C15H19FN6OS. The first-order valence-electron chi connectivity index (χ1n) is 8.05. The summed E-state index contributed by atoms with van der Waals surface area (Å²) in [4.78, 5) is 17.1. The maximum absolute atomic E-state index is 14.5. The Hall–Kier alpha value is -1.87. The fourth-order valence-electron chi connectivity index (χ4n) is 3.49. The third-order valence-electron chi connectivity index (χ3n) is 4.62. The molecule has 0 radical (unpaired) electrons. The zero-order valence-corrected chi connectivity index (χ0v) is 14.5. The Morgan fingerprint density at radius 1 is 1.33 bits per heavy atom. The van der Waals surface area contributed by atoms with Crippen LogP contribution in [-0.4, -0.2) is 51.6 Å². The molecule has 0 N–H and O–H groups in total. The minimum Gasteiger partial charge on any atom is -0.377 e. The number of piperazine rings is 1. The summed E-state index contributed by atoms with van der Waals surface area (Å²) < 4.78 is 23.9. The second-order valence-corrected chi connectivity index (χ2v) is 6.82. The van der Waals surface area contributed by atoms with Gasteiger partial charge in [0.05, 0.1) is 17.8 Å². The van der Waals surface area contributed by atoms with Crippen LogP contribution in [0.1, 0.15) is 24.9 Å². The Bertz CT molecular complexity index is 729. The van der Waals surface area contributed by atoms with Crippen LogP contribution in [0.25, 0.3) is 0 Å². The largest absolute Gasteiger partial charge is 0.377 e. The summed E-state index contributed by atoms with van der Waals surface area (Å²) in [6.07, 6.45) is 3.13. The number of nitrogens with zero attached hydrogens (tertiary/aromatic N) is 6. The number of rotatable bonds is 5. The summed E-state index contributed by atoms with van der Waals surface area (Å²) in [6.45, 7) is 3.81. The Balaban J connectivity index is 1.50. The number of fused-ring (bicyclic) bond motifs is 2. The minimum absolute atomic E-state index is 0.286. The van der Waals surface area contributed by atoms with E-state index >= 15 is 0 Å². The van der Waals surface area contributed by atoms with E-state index in [0.717, 1.165) is 24.6 Å². The van der Waals surface area contributed by atoms with Gasteiger partial charge in [-0.05, 0) is 12.8 Å². The predicted molar refractivity (Wildman–Crippen MR) is 88.9 cm³/mol. The van der Waals surface area contributed by atoms with E-state index in [-0.39, 0.29) is 5.82 Å². The molecule has 3 aliphatic rings. The average Bonchev–Trinajstić information content (AvgIpc) is 3.03. The summed E-state index contributed by atoms with van der Waals surface area (Å²) >= 11 is 1.40. The van der Waals surface area contributed by atoms with Crippen molar-refractivity contribution in [3.8, 4) is 0 Å². The van der Waals surface area contributed by atoms with Gasteiger partial charge in [0, 0.05) is 31.7 Å². The van der Waals surface area contributed by atoms with Crippen molar-refractivity contribution in [2.24, 2.45) is 0 Å². The minimum atomic E-state index is -0.286. The van der Waals surface area contributed by atoms with Crippen molar-refractivity contribution in [2.75, 3.05) is 30.0 Å². The summed E-state index contributed by atoms with van der Waals surface area (Å²) in [5.41, 5.74) is 0.476. The van der Waals surface area contributed by atoms with Gasteiger partial charge in [0.2, 0.25) is 5.13 Å². The van der Waals surface area contributed by atoms with E-state index in [1.54, 1.807) is 7.11 Å². The normalized spacial score (nSPS) is 22.6. The smallest absolute Gasteiger partial charge is 0.205 e. The molecule has 5 heterocycles. The second kappa shape index (κ2) is 6.21. The highest BCUT2D eigenvalue weighted by atomic mass is 32.1. The fourth-order valence-corrected chi connectivity index (χ4v) is 4.31. The molecule has 0 aliphatic carbocycles. The van der Waals surface area contributed by atoms with Gasteiger partial charge in [-0.15, -0.1) is 0 Å². The van der Waals surface area contributed by atoms with Crippen LogP contribution < -0.4 is 9.80 Å². The molecule has 2 aromatic rings. The van der Waals surface area contributed by atoms with E-state index in [4.69, 9.17) is 4.74 Å². The first kappa shape index (κ1) is 15.6. The maximum atomic E-state index is 14.5. The van der Waals surface area contributed by atoms with Gasteiger partial charge in [0.15, 0.2) is 17.5 Å². The van der Waals surface area contributed by atoms with Gasteiger partial charge >= 0.3 is 0 Å². The second-order valence-electron chi connectivity index (χ2n) is 6.09. The van der Waals surface area contributed by atoms with Crippen LogP contribution in [0.5, 0.6) is 0 Å². The maximum Gasteiger partial charge on any atom is 0.205 e. The molecule has 3 aliphatic heterocycles. The number of hydrogen-bond donors (Lipinski definition) is 0. The van der Waals surface area contributed by atoms with Gasteiger partial charge in [0.1, 0.15) is 12.9 Å². The van der Waals surface area contributed by atoms with Crippen LogP contribution in [0.2, 0.25) is 0 Å². The third-order valence-corrected chi connectivity index (χ3v) is 5.39. The first-order chi connectivity index (χ1) is 11.7. The number of methoxy groups -OCH3 is 1. The summed E-state index contributed by atoms with van der Waals surface area (Å²) in [5, 5.41) is 0.931. The highest BCUT2D eigenvalue weighted by Crippen LogP contribution is 2.39. The van der Waals surface area contributed by atoms with Gasteiger partial charge in [-0.25, -0.2) is 19.3 Å². The van der Waals surface area contributed by atoms with Crippen molar-refractivity contribution in [3.63, 3.8) is 0 Å². The van der Waals surface area contributed by atoms with Gasteiger partial charge in [0.25, 0.3) is 0 Å². The third kappa shape index (κ3) is 2.51. The monoisotopic (exact) mass is 350 g/mol. The molecule has 3 saturated heterocycles. The van der Waals surface area contributed by atoms with Gasteiger partial charge in [-0.2, -0.15) is 4.37 Å². The molecule has 0 saturated carbocycles. The Morgan fingerprint density at radius 2 is 2.12 bits per heavy atom. The predicted octanol–water partition coefficient (Wildman–Crippen LogP) is 1.64. The lowest BCUT2D eigenvalue weighted by Crippen LogP contribution is -2.69. The SMILES string of the molecule is CCc1ncnc(N2CC3CC(C2)N3c2nc(COC)ns2)c1F. The van der Waals surface area contributed by atoms with Gasteiger partial charge in [-0.1, -0.05) is 6.92 Å². The van der Waals surface area contributed by atoms with Crippen LogP contribution >= 0.6 is 11.5 Å². The molecule has 2 aromatic heterocycles. The van der Waals surface area contributed by atoms with E-state index in [1.807, 2.05) is 11.8 Å². The molecule has 2 unspecified atom stereocenters. The molecule has 9 heteroatoms. The van der Waals surface area contributed by atoms with Crippen LogP contribution in [0.15, 0.2) is 6.33 Å². The van der Waals surface area contributed by atoms with E-state index in [9.17, 15) is 4.39 Å². The summed E-state index contributed by atoms with van der Waals surface area (Å²) in [5.74, 6) is 0.855. The van der Waals surface area contributed by atoms with Gasteiger partial charge < -0.3 is 14.5 Å². The van der Waals surface area contributed by atoms with E-state index in [0.29, 0.717) is 42.4 Å². The first-order valence-corrected chi connectivity index (χ1v) is 8.82. The topological polar surface area (TPSA) is 67.3 Å². The van der Waals surface area contributed by atoms with Crippen molar-refractivity contribution >= 4 is 22.5 Å². The molecule has 5 rings (SSSR count). The lowest BCUT2D eigenvalue weighted by Gasteiger charge is -2.56. The molecule has 0 aromatic carbocycles. The lowest BCUT2D eigenvalue weighted by molar-refractivity contribution is 0.178. The summed E-state index contributed by atoms with van der Waals surface area (Å²) in [7, 11) is 1.64. The number of halogens is 1. The van der Waals surface area contributed by atoms with E-state index < -0.39 is 0 Å². The number of hydrogen-bond acceptors (Lipinski definition) is 8. The van der Waals surface area contributed by atoms with Crippen LogP contribution in [0.4, 0.5) is 15.3 Å². The van der Waals surface area contributed by atoms with Gasteiger partial charge in [-0.3, -0.25) is 0 Å². The fraction of sp³-hybridized carbons (Fsp3) is 0.600. The molecule has 3 fully saturated rings. The van der Waals surface area contributed by atoms with E-state index in [2.05, 4.69) is 24.2 Å². The quantitative estimate of drug-likeness (QED) is 0.812. The highest BCUT2D eigenvalue weighted by molar-refractivity contribution is 7.09. The zero-order valence-electron chi connectivity index (χ0n) is 13.6. The van der Waals surface area contributed by atoms with Crippen molar-refractivity contribution in [1.29, 1.82) is 0 Å². The molecule has 24 heavy (non-hydrogen) atoms. The van der Waals surface area contributed by atoms with Crippen LogP contribution in [0.3, 0.4) is 0 Å². The number of aryl methyl sites for hydroxylation is 1. The molecular weight excluding hydrogens is 331 g/mol. The Morgan fingerprint density at radius 3 is 2.83 bits per heavy atom. The van der Waals surface area contributed by atoms with Crippen molar-refractivity contribution in [3.05, 3.63) is 23.7 Å². The molecule has 0 amide bonds. The number of ether oxygens (including phenoxy) is 1. The summed E-state index contributed by atoms with van der Waals surface area (Å²) in [6, 6.07) is 0.651. The van der Waals surface area contributed by atoms with Crippen molar-refractivity contribution in [2.45, 2.75) is 38.5 Å².